The molecule has 0 N–H and O–H groups in total. The van der Waals surface area contributed by atoms with Crippen molar-refractivity contribution in [3.8, 4) is 0 Å². The Hall–Kier alpha value is -1.05. The van der Waals surface area contributed by atoms with Crippen molar-refractivity contribution >= 4 is 5.97 Å². The zero-order valence-electron chi connectivity index (χ0n) is 13.6. The quantitative estimate of drug-likeness (QED) is 0.270. The number of hydrogen-bond donors (Lipinski definition) is 0. The van der Waals surface area contributed by atoms with Crippen LogP contribution >= 0.6 is 0 Å². The van der Waals surface area contributed by atoms with Gasteiger partial charge in [-0.05, 0) is 31.8 Å². The number of hydrogen-bond acceptors (Lipinski definition) is 2. The molecule has 0 aliphatic heterocycles. The Balaban J connectivity index is 4.40. The highest BCUT2D eigenvalue weighted by Crippen LogP contribution is 2.21. The lowest BCUT2D eigenvalue weighted by Crippen LogP contribution is -2.19. The fraction of sp³-hybridized carbons (Fsp3) is 0.722. The Bertz CT molecular complexity index is 292. The number of ether oxygens (including phenoxy) is 1. The van der Waals surface area contributed by atoms with Crippen molar-refractivity contribution in [1.29, 1.82) is 0 Å². The van der Waals surface area contributed by atoms with Gasteiger partial charge in [0.15, 0.2) is 0 Å². The second-order valence-electron chi connectivity index (χ2n) is 5.20. The molecule has 0 rings (SSSR count). The van der Waals surface area contributed by atoms with Crippen LogP contribution in [0.5, 0.6) is 0 Å². The van der Waals surface area contributed by atoms with Gasteiger partial charge < -0.3 is 4.74 Å². The molecule has 0 aliphatic rings. The minimum absolute atomic E-state index is 0.105. The Morgan fingerprint density at radius 1 is 1.10 bits per heavy atom. The van der Waals surface area contributed by atoms with E-state index in [1.807, 2.05) is 13.0 Å². The van der Waals surface area contributed by atoms with E-state index in [1.165, 1.54) is 32.1 Å². The molecule has 0 fully saturated rings. The van der Waals surface area contributed by atoms with Gasteiger partial charge in [-0.1, -0.05) is 64.7 Å². The number of carbonyl (C=O) groups is 1. The fourth-order valence-corrected chi connectivity index (χ4v) is 2.34. The second-order valence-corrected chi connectivity index (χ2v) is 5.20. The second kappa shape index (κ2) is 13.0. The van der Waals surface area contributed by atoms with Gasteiger partial charge in [0.05, 0.1) is 12.5 Å². The van der Waals surface area contributed by atoms with Gasteiger partial charge in [0.25, 0.3) is 0 Å². The van der Waals surface area contributed by atoms with E-state index >= 15 is 0 Å². The molecule has 0 aromatic rings. The molecule has 2 nitrogen and oxygen atoms in total. The van der Waals surface area contributed by atoms with Crippen LogP contribution in [0.15, 0.2) is 24.3 Å². The third kappa shape index (κ3) is 8.19. The van der Waals surface area contributed by atoms with Crippen LogP contribution in [0.2, 0.25) is 0 Å². The smallest absolute Gasteiger partial charge is 0.313 e. The molecule has 0 saturated carbocycles. The predicted octanol–water partition coefficient (Wildman–Crippen LogP) is 5.44. The van der Waals surface area contributed by atoms with Gasteiger partial charge in [0.2, 0.25) is 0 Å². The van der Waals surface area contributed by atoms with E-state index in [-0.39, 0.29) is 11.9 Å². The maximum absolute atomic E-state index is 12.0. The summed E-state index contributed by atoms with van der Waals surface area (Å²) in [5.74, 6) is -0.237. The molecule has 0 spiro atoms. The highest BCUT2D eigenvalue weighted by atomic mass is 16.5. The first-order chi connectivity index (χ1) is 9.71. The molecule has 2 heteroatoms. The molecule has 0 saturated heterocycles. The molecular weight excluding hydrogens is 248 g/mol. The maximum Gasteiger partial charge on any atom is 0.313 e. The van der Waals surface area contributed by atoms with Crippen molar-refractivity contribution in [2.45, 2.75) is 72.1 Å². The van der Waals surface area contributed by atoms with E-state index in [2.05, 4.69) is 26.5 Å². The fourth-order valence-electron chi connectivity index (χ4n) is 2.34. The Labute approximate surface area is 125 Å². The summed E-state index contributed by atoms with van der Waals surface area (Å²) in [4.78, 5) is 12.0. The van der Waals surface area contributed by atoms with Gasteiger partial charge in [-0.3, -0.25) is 4.79 Å². The van der Waals surface area contributed by atoms with Gasteiger partial charge in [-0.25, -0.2) is 0 Å². The van der Waals surface area contributed by atoms with Crippen LogP contribution in [-0.4, -0.2) is 12.6 Å². The normalized spacial score (nSPS) is 13.1. The third-order valence-corrected chi connectivity index (χ3v) is 3.47. The first-order valence-electron chi connectivity index (χ1n) is 8.20. The van der Waals surface area contributed by atoms with Crippen LogP contribution < -0.4 is 0 Å². The van der Waals surface area contributed by atoms with Crippen molar-refractivity contribution < 1.29 is 9.53 Å². The van der Waals surface area contributed by atoms with E-state index in [1.54, 1.807) is 0 Å². The minimum atomic E-state index is -0.131. The van der Waals surface area contributed by atoms with Gasteiger partial charge in [0, 0.05) is 0 Å². The highest BCUT2D eigenvalue weighted by Gasteiger charge is 2.21. The summed E-state index contributed by atoms with van der Waals surface area (Å²) in [5.41, 5.74) is 1.04. The Morgan fingerprint density at radius 3 is 2.35 bits per heavy atom. The molecule has 0 amide bonds. The third-order valence-electron chi connectivity index (χ3n) is 3.47. The van der Waals surface area contributed by atoms with Crippen molar-refractivity contribution in [1.82, 2.24) is 0 Å². The van der Waals surface area contributed by atoms with Gasteiger partial charge >= 0.3 is 5.97 Å². The summed E-state index contributed by atoms with van der Waals surface area (Å²) in [7, 11) is 0. The molecular formula is C18H32O2. The van der Waals surface area contributed by atoms with Crippen molar-refractivity contribution in [2.24, 2.45) is 5.92 Å². The maximum atomic E-state index is 12.0. The van der Waals surface area contributed by atoms with Gasteiger partial charge in [-0.2, -0.15) is 0 Å². The molecule has 0 radical (unpaired) electrons. The Morgan fingerprint density at radius 2 is 1.80 bits per heavy atom. The zero-order valence-corrected chi connectivity index (χ0v) is 13.6. The molecule has 0 aromatic carbocycles. The summed E-state index contributed by atoms with van der Waals surface area (Å²) in [6, 6.07) is 0. The standard InChI is InChI=1S/C18H32O2/c1-5-9-10-11-12-13-15-16(7-3)17(14-6-2)18(19)20-8-4/h7,15,17H,3,5-6,8-14H2,1-2,4H3/b16-15-. The van der Waals surface area contributed by atoms with Gasteiger partial charge in [-0.15, -0.1) is 0 Å². The lowest BCUT2D eigenvalue weighted by atomic mass is 9.93. The summed E-state index contributed by atoms with van der Waals surface area (Å²) < 4.78 is 5.17. The minimum Gasteiger partial charge on any atom is -0.466 e. The van der Waals surface area contributed by atoms with E-state index in [4.69, 9.17) is 4.74 Å². The summed E-state index contributed by atoms with van der Waals surface area (Å²) >= 11 is 0. The lowest BCUT2D eigenvalue weighted by molar-refractivity contribution is -0.146. The first kappa shape index (κ1) is 18.9. The average molecular weight is 280 g/mol. The van der Waals surface area contributed by atoms with E-state index in [0.717, 1.165) is 24.8 Å². The number of carbonyl (C=O) groups excluding carboxylic acids is 1. The number of allylic oxidation sites excluding steroid dienone is 2. The monoisotopic (exact) mass is 280 g/mol. The molecule has 20 heavy (non-hydrogen) atoms. The molecule has 1 atom stereocenters. The Kier molecular flexibility index (Phi) is 12.3. The molecule has 0 aromatic heterocycles. The van der Waals surface area contributed by atoms with Crippen LogP contribution in [0.4, 0.5) is 0 Å². The van der Waals surface area contributed by atoms with Crippen LogP contribution in [0, 0.1) is 5.92 Å². The summed E-state index contributed by atoms with van der Waals surface area (Å²) in [6.45, 7) is 10.5. The van der Waals surface area contributed by atoms with Crippen LogP contribution in [0.25, 0.3) is 0 Å². The topological polar surface area (TPSA) is 26.3 Å². The number of rotatable bonds is 12. The highest BCUT2D eigenvalue weighted by molar-refractivity contribution is 5.76. The lowest BCUT2D eigenvalue weighted by Gasteiger charge is -2.16. The average Bonchev–Trinajstić information content (AvgIpc) is 2.45. The van der Waals surface area contributed by atoms with Crippen molar-refractivity contribution in [2.75, 3.05) is 6.61 Å². The van der Waals surface area contributed by atoms with E-state index in [0.29, 0.717) is 6.61 Å². The predicted molar refractivity (Wildman–Crippen MR) is 86.7 cm³/mol. The molecule has 0 bridgehead atoms. The van der Waals surface area contributed by atoms with Crippen LogP contribution in [0.1, 0.15) is 72.1 Å². The van der Waals surface area contributed by atoms with E-state index in [9.17, 15) is 4.79 Å². The molecule has 116 valence electrons. The van der Waals surface area contributed by atoms with Crippen molar-refractivity contribution in [3.05, 3.63) is 24.3 Å². The number of unbranched alkanes of at least 4 members (excludes halogenated alkanes) is 5. The van der Waals surface area contributed by atoms with Crippen LogP contribution in [-0.2, 0) is 9.53 Å². The van der Waals surface area contributed by atoms with Gasteiger partial charge in [0.1, 0.15) is 0 Å². The zero-order chi connectivity index (χ0) is 15.2. The van der Waals surface area contributed by atoms with Crippen molar-refractivity contribution in [3.63, 3.8) is 0 Å². The molecule has 0 aliphatic carbocycles. The largest absolute Gasteiger partial charge is 0.466 e. The first-order valence-corrected chi connectivity index (χ1v) is 8.20. The summed E-state index contributed by atoms with van der Waals surface area (Å²) in [5, 5.41) is 0. The number of esters is 1. The van der Waals surface area contributed by atoms with E-state index < -0.39 is 0 Å². The van der Waals surface area contributed by atoms with Crippen LogP contribution in [0.3, 0.4) is 0 Å². The molecule has 0 heterocycles. The SMILES string of the molecule is C=C/C(=C/CCCCCCC)C(CCC)C(=O)OCC. The molecule has 1 unspecified atom stereocenters. The summed E-state index contributed by atoms with van der Waals surface area (Å²) in [6.07, 6.45) is 13.2.